The number of hydrogen-bond donors (Lipinski definition) is 0. The van der Waals surface area contributed by atoms with Crippen LogP contribution in [-0.2, 0) is 6.61 Å². The summed E-state index contributed by atoms with van der Waals surface area (Å²) >= 11 is 0. The predicted octanol–water partition coefficient (Wildman–Crippen LogP) is 4.08. The minimum Gasteiger partial charge on any atom is -0.497 e. The molecule has 0 radical (unpaired) electrons. The van der Waals surface area contributed by atoms with Crippen LogP contribution in [0.15, 0.2) is 88.1 Å². The first-order valence-corrected chi connectivity index (χ1v) is 8.75. The molecule has 140 valence electrons. The van der Waals surface area contributed by atoms with E-state index in [9.17, 15) is 4.79 Å². The summed E-state index contributed by atoms with van der Waals surface area (Å²) in [5.41, 5.74) is 3.44. The molecule has 0 saturated heterocycles. The van der Waals surface area contributed by atoms with Gasteiger partial charge < -0.3 is 13.9 Å². The van der Waals surface area contributed by atoms with Crippen molar-refractivity contribution in [3.63, 3.8) is 0 Å². The largest absolute Gasteiger partial charge is 0.497 e. The lowest BCUT2D eigenvalue weighted by molar-refractivity contribution is 0.215. The Labute approximate surface area is 161 Å². The van der Waals surface area contributed by atoms with Crippen molar-refractivity contribution in [2.24, 2.45) is 0 Å². The fourth-order valence-corrected chi connectivity index (χ4v) is 2.82. The molecule has 1 aromatic heterocycles. The molecule has 1 heterocycles. The molecule has 0 aliphatic carbocycles. The SMILES string of the molecule is COc1cccc(-c2cccc(-n3nc(OCc4ccccc4)oc3=O)c2)c1. The van der Waals surface area contributed by atoms with Gasteiger partial charge in [-0.05, 0) is 41.0 Å². The van der Waals surface area contributed by atoms with Crippen LogP contribution in [0.4, 0.5) is 0 Å². The van der Waals surface area contributed by atoms with Gasteiger partial charge in [0.15, 0.2) is 0 Å². The summed E-state index contributed by atoms with van der Waals surface area (Å²) < 4.78 is 17.1. The van der Waals surface area contributed by atoms with E-state index < -0.39 is 5.76 Å². The zero-order chi connectivity index (χ0) is 19.3. The van der Waals surface area contributed by atoms with Crippen LogP contribution in [-0.4, -0.2) is 16.9 Å². The van der Waals surface area contributed by atoms with Crippen molar-refractivity contribution in [3.8, 4) is 28.6 Å². The molecule has 6 heteroatoms. The first-order chi connectivity index (χ1) is 13.7. The highest BCUT2D eigenvalue weighted by Crippen LogP contribution is 2.25. The van der Waals surface area contributed by atoms with Crippen LogP contribution in [0.1, 0.15) is 5.56 Å². The smallest absolute Gasteiger partial charge is 0.444 e. The second-order valence-corrected chi connectivity index (χ2v) is 6.10. The minimum absolute atomic E-state index is 0.0689. The predicted molar refractivity (Wildman–Crippen MR) is 105 cm³/mol. The van der Waals surface area contributed by atoms with Gasteiger partial charge in [-0.1, -0.05) is 59.7 Å². The molecule has 0 amide bonds. The van der Waals surface area contributed by atoms with Gasteiger partial charge in [0.25, 0.3) is 0 Å². The summed E-state index contributed by atoms with van der Waals surface area (Å²) in [5, 5.41) is 4.15. The van der Waals surface area contributed by atoms with Gasteiger partial charge in [0, 0.05) is 0 Å². The first-order valence-electron chi connectivity index (χ1n) is 8.75. The van der Waals surface area contributed by atoms with Crippen molar-refractivity contribution in [3.05, 3.63) is 95.0 Å². The molecular formula is C22H18N2O4. The number of hydrogen-bond acceptors (Lipinski definition) is 5. The molecule has 0 unspecified atom stereocenters. The van der Waals surface area contributed by atoms with Crippen LogP contribution < -0.4 is 15.2 Å². The Balaban J connectivity index is 1.59. The average molecular weight is 374 g/mol. The summed E-state index contributed by atoms with van der Waals surface area (Å²) in [5.74, 6) is 0.156. The lowest BCUT2D eigenvalue weighted by atomic mass is 10.0. The van der Waals surface area contributed by atoms with E-state index >= 15 is 0 Å². The summed E-state index contributed by atoms with van der Waals surface area (Å²) in [6.07, 6.45) is -0.0689. The summed E-state index contributed by atoms with van der Waals surface area (Å²) in [6, 6.07) is 24.8. The highest BCUT2D eigenvalue weighted by molar-refractivity contribution is 5.67. The molecule has 0 saturated carbocycles. The van der Waals surface area contributed by atoms with Gasteiger partial charge in [-0.15, -0.1) is 0 Å². The van der Waals surface area contributed by atoms with Crippen LogP contribution in [0, 0.1) is 0 Å². The quantitative estimate of drug-likeness (QED) is 0.509. The average Bonchev–Trinajstić information content (AvgIpc) is 3.14. The van der Waals surface area contributed by atoms with Gasteiger partial charge in [0.1, 0.15) is 12.4 Å². The first kappa shape index (κ1) is 17.6. The highest BCUT2D eigenvalue weighted by Gasteiger charge is 2.12. The van der Waals surface area contributed by atoms with E-state index in [0.29, 0.717) is 5.69 Å². The maximum Gasteiger partial charge on any atom is 0.444 e. The Morgan fingerprint density at radius 2 is 1.68 bits per heavy atom. The van der Waals surface area contributed by atoms with Gasteiger partial charge in [0.05, 0.1) is 12.8 Å². The second kappa shape index (κ2) is 7.84. The summed E-state index contributed by atoms with van der Waals surface area (Å²) in [6.45, 7) is 0.268. The van der Waals surface area contributed by atoms with Crippen molar-refractivity contribution in [2.45, 2.75) is 6.61 Å². The molecule has 0 spiro atoms. The van der Waals surface area contributed by atoms with Crippen LogP contribution in [0.2, 0.25) is 0 Å². The topological polar surface area (TPSA) is 66.5 Å². The number of nitrogens with zero attached hydrogens (tertiary/aromatic N) is 2. The van der Waals surface area contributed by atoms with Gasteiger partial charge >= 0.3 is 11.8 Å². The Hall–Kier alpha value is -3.80. The van der Waals surface area contributed by atoms with E-state index in [0.717, 1.165) is 22.4 Å². The maximum absolute atomic E-state index is 12.2. The van der Waals surface area contributed by atoms with Crippen molar-refractivity contribution < 1.29 is 13.9 Å². The zero-order valence-electron chi connectivity index (χ0n) is 15.2. The maximum atomic E-state index is 12.2. The fourth-order valence-electron chi connectivity index (χ4n) is 2.82. The lowest BCUT2D eigenvalue weighted by Crippen LogP contribution is -2.13. The number of benzene rings is 3. The third-order valence-electron chi connectivity index (χ3n) is 4.23. The Morgan fingerprint density at radius 3 is 2.46 bits per heavy atom. The van der Waals surface area contributed by atoms with Crippen molar-refractivity contribution in [1.82, 2.24) is 9.78 Å². The van der Waals surface area contributed by atoms with E-state index in [-0.39, 0.29) is 12.7 Å². The van der Waals surface area contributed by atoms with E-state index in [1.807, 2.05) is 72.8 Å². The van der Waals surface area contributed by atoms with Crippen LogP contribution >= 0.6 is 0 Å². The fraction of sp³-hybridized carbons (Fsp3) is 0.0909. The van der Waals surface area contributed by atoms with E-state index in [2.05, 4.69) is 5.10 Å². The lowest BCUT2D eigenvalue weighted by Gasteiger charge is -2.06. The summed E-state index contributed by atoms with van der Waals surface area (Å²) in [7, 11) is 1.63. The Morgan fingerprint density at radius 1 is 0.929 bits per heavy atom. The number of rotatable bonds is 6. The van der Waals surface area contributed by atoms with E-state index in [1.165, 1.54) is 4.68 Å². The highest BCUT2D eigenvalue weighted by atomic mass is 16.6. The molecule has 0 atom stereocenters. The molecule has 4 rings (SSSR count). The number of aromatic nitrogens is 2. The Bertz CT molecular complexity index is 1130. The van der Waals surface area contributed by atoms with Crippen molar-refractivity contribution in [1.29, 1.82) is 0 Å². The molecule has 0 bridgehead atoms. The molecule has 0 aliphatic heterocycles. The van der Waals surface area contributed by atoms with E-state index in [4.69, 9.17) is 13.9 Å². The van der Waals surface area contributed by atoms with Crippen LogP contribution in [0.3, 0.4) is 0 Å². The molecule has 0 fully saturated rings. The molecular weight excluding hydrogens is 356 g/mol. The molecule has 28 heavy (non-hydrogen) atoms. The zero-order valence-corrected chi connectivity index (χ0v) is 15.2. The second-order valence-electron chi connectivity index (χ2n) is 6.10. The minimum atomic E-state index is -0.606. The molecule has 0 N–H and O–H groups in total. The Kier molecular flexibility index (Phi) is 4.93. The third-order valence-corrected chi connectivity index (χ3v) is 4.23. The van der Waals surface area contributed by atoms with Crippen LogP contribution in [0.25, 0.3) is 16.8 Å². The van der Waals surface area contributed by atoms with Gasteiger partial charge in [-0.2, -0.15) is 4.68 Å². The van der Waals surface area contributed by atoms with Crippen molar-refractivity contribution >= 4 is 0 Å². The molecule has 4 aromatic rings. The van der Waals surface area contributed by atoms with Gasteiger partial charge in [0.2, 0.25) is 0 Å². The molecule has 3 aromatic carbocycles. The third kappa shape index (κ3) is 3.81. The standard InChI is InChI=1S/C22H18N2O4/c1-26-20-12-6-10-18(14-20)17-9-5-11-19(13-17)24-22(25)28-21(23-24)27-15-16-7-3-2-4-8-16/h2-14H,15H2,1H3. The van der Waals surface area contributed by atoms with Crippen molar-refractivity contribution in [2.75, 3.05) is 7.11 Å². The van der Waals surface area contributed by atoms with E-state index in [1.54, 1.807) is 13.2 Å². The normalized spacial score (nSPS) is 10.6. The van der Waals surface area contributed by atoms with Gasteiger partial charge in [-0.25, -0.2) is 4.79 Å². The van der Waals surface area contributed by atoms with Gasteiger partial charge in [-0.3, -0.25) is 0 Å². The van der Waals surface area contributed by atoms with Crippen LogP contribution in [0.5, 0.6) is 11.8 Å². The molecule has 6 nitrogen and oxygen atoms in total. The number of methoxy groups -OCH3 is 1. The summed E-state index contributed by atoms with van der Waals surface area (Å²) in [4.78, 5) is 12.2. The monoisotopic (exact) mass is 374 g/mol. The number of ether oxygens (including phenoxy) is 2. The molecule has 0 aliphatic rings.